The third-order valence-electron chi connectivity index (χ3n) is 2.70. The van der Waals surface area contributed by atoms with Gasteiger partial charge in [0.15, 0.2) is 5.16 Å². The fraction of sp³-hybridized carbons (Fsp3) is 0.692. The zero-order valence-corrected chi connectivity index (χ0v) is 13.4. The highest BCUT2D eigenvalue weighted by Crippen LogP contribution is 2.15. The third-order valence-corrected chi connectivity index (χ3v) is 3.68. The number of imide groups is 1. The number of hydrogen-bond acceptors (Lipinski definition) is 5. The van der Waals surface area contributed by atoms with Crippen molar-refractivity contribution in [3.63, 3.8) is 0 Å². The monoisotopic (exact) mass is 313 g/mol. The Morgan fingerprint density at radius 1 is 1.29 bits per heavy atom. The maximum atomic E-state index is 11.6. The van der Waals surface area contributed by atoms with Crippen LogP contribution in [0.5, 0.6) is 0 Å². The molecule has 7 nitrogen and oxygen atoms in total. The molecule has 1 rings (SSSR count). The lowest BCUT2D eigenvalue weighted by atomic mass is 10.2. The maximum Gasteiger partial charge on any atom is 0.321 e. The van der Waals surface area contributed by atoms with E-state index in [1.54, 1.807) is 6.33 Å². The van der Waals surface area contributed by atoms with Gasteiger partial charge in [-0.05, 0) is 12.8 Å². The SMILES string of the molecule is CCCCCn1cnnc1SCC(=O)NC(=O)NCCC. The molecule has 0 spiro atoms. The van der Waals surface area contributed by atoms with E-state index in [0.717, 1.165) is 32.2 Å². The van der Waals surface area contributed by atoms with Crippen LogP contribution >= 0.6 is 11.8 Å². The number of carbonyl (C=O) groups excluding carboxylic acids is 2. The first-order chi connectivity index (χ1) is 10.2. The lowest BCUT2D eigenvalue weighted by molar-refractivity contribution is -0.117. The molecule has 0 aromatic carbocycles. The number of aromatic nitrogens is 3. The summed E-state index contributed by atoms with van der Waals surface area (Å²) in [6.07, 6.45) is 5.87. The van der Waals surface area contributed by atoms with Crippen molar-refractivity contribution in [2.75, 3.05) is 12.3 Å². The second-order valence-electron chi connectivity index (χ2n) is 4.61. The smallest absolute Gasteiger partial charge is 0.321 e. The predicted molar refractivity (Wildman–Crippen MR) is 82.1 cm³/mol. The average molecular weight is 313 g/mol. The summed E-state index contributed by atoms with van der Waals surface area (Å²) < 4.78 is 1.94. The zero-order valence-electron chi connectivity index (χ0n) is 12.6. The van der Waals surface area contributed by atoms with Crippen LogP contribution in [-0.2, 0) is 11.3 Å². The molecule has 0 atom stereocenters. The summed E-state index contributed by atoms with van der Waals surface area (Å²) in [5.41, 5.74) is 0. The highest BCUT2D eigenvalue weighted by atomic mass is 32.2. The quantitative estimate of drug-likeness (QED) is 0.536. The van der Waals surface area contributed by atoms with E-state index in [0.29, 0.717) is 11.7 Å². The minimum atomic E-state index is -0.452. The van der Waals surface area contributed by atoms with Gasteiger partial charge in [0.25, 0.3) is 0 Å². The Kier molecular flexibility index (Phi) is 8.49. The lowest BCUT2D eigenvalue weighted by Crippen LogP contribution is -2.40. The number of urea groups is 1. The maximum absolute atomic E-state index is 11.6. The van der Waals surface area contributed by atoms with Gasteiger partial charge in [0.05, 0.1) is 5.75 Å². The van der Waals surface area contributed by atoms with Gasteiger partial charge in [0, 0.05) is 13.1 Å². The molecule has 0 aliphatic carbocycles. The summed E-state index contributed by atoms with van der Waals surface area (Å²) in [5, 5.41) is 13.4. The fourth-order valence-electron chi connectivity index (χ4n) is 1.62. The molecule has 1 heterocycles. The van der Waals surface area contributed by atoms with Crippen LogP contribution in [0.1, 0.15) is 39.5 Å². The van der Waals surface area contributed by atoms with Crippen molar-refractivity contribution in [2.24, 2.45) is 0 Å². The molecule has 0 aliphatic heterocycles. The Hall–Kier alpha value is -1.57. The van der Waals surface area contributed by atoms with Crippen LogP contribution in [0.25, 0.3) is 0 Å². The molecule has 3 amide bonds. The van der Waals surface area contributed by atoms with E-state index < -0.39 is 6.03 Å². The van der Waals surface area contributed by atoms with E-state index in [1.807, 2.05) is 11.5 Å². The number of rotatable bonds is 9. The molecule has 0 aliphatic rings. The van der Waals surface area contributed by atoms with Gasteiger partial charge in [-0.15, -0.1) is 10.2 Å². The molecule has 0 bridgehead atoms. The Labute approximate surface area is 129 Å². The Bertz CT molecular complexity index is 450. The number of hydrogen-bond donors (Lipinski definition) is 2. The average Bonchev–Trinajstić information content (AvgIpc) is 2.91. The largest absolute Gasteiger partial charge is 0.338 e. The van der Waals surface area contributed by atoms with Crippen LogP contribution in [-0.4, -0.2) is 39.0 Å². The molecule has 21 heavy (non-hydrogen) atoms. The molecule has 0 radical (unpaired) electrons. The number of aryl methyl sites for hydroxylation is 1. The first kappa shape index (κ1) is 17.5. The fourth-order valence-corrected chi connectivity index (χ4v) is 2.36. The lowest BCUT2D eigenvalue weighted by Gasteiger charge is -2.06. The first-order valence-corrected chi connectivity index (χ1v) is 8.24. The Morgan fingerprint density at radius 3 is 2.81 bits per heavy atom. The number of nitrogens with one attached hydrogen (secondary N) is 2. The van der Waals surface area contributed by atoms with Crippen LogP contribution in [0.3, 0.4) is 0 Å². The van der Waals surface area contributed by atoms with Gasteiger partial charge in [-0.25, -0.2) is 4.79 Å². The summed E-state index contributed by atoms with van der Waals surface area (Å²) >= 11 is 1.28. The molecule has 0 saturated heterocycles. The van der Waals surface area contributed by atoms with Crippen LogP contribution in [0.2, 0.25) is 0 Å². The second-order valence-corrected chi connectivity index (χ2v) is 5.55. The summed E-state index contributed by atoms with van der Waals surface area (Å²) in [4.78, 5) is 23.0. The highest BCUT2D eigenvalue weighted by molar-refractivity contribution is 7.99. The second kappa shape index (κ2) is 10.2. The van der Waals surface area contributed by atoms with Crippen LogP contribution < -0.4 is 10.6 Å². The van der Waals surface area contributed by atoms with Crippen LogP contribution in [0, 0.1) is 0 Å². The summed E-state index contributed by atoms with van der Waals surface area (Å²) in [6.45, 7) is 5.50. The van der Waals surface area contributed by atoms with Crippen molar-refractivity contribution in [3.8, 4) is 0 Å². The normalized spacial score (nSPS) is 10.4. The summed E-state index contributed by atoms with van der Waals surface area (Å²) in [5.74, 6) is -0.192. The standard InChI is InChI=1S/C13H23N5O2S/c1-3-5-6-8-18-10-15-17-13(18)21-9-11(19)16-12(20)14-7-4-2/h10H,3-9H2,1-2H3,(H2,14,16,19,20). The van der Waals surface area contributed by atoms with Gasteiger partial charge in [-0.2, -0.15) is 0 Å². The van der Waals surface area contributed by atoms with Crippen molar-refractivity contribution in [3.05, 3.63) is 6.33 Å². The van der Waals surface area contributed by atoms with Crippen molar-refractivity contribution < 1.29 is 9.59 Å². The zero-order chi connectivity index (χ0) is 15.5. The van der Waals surface area contributed by atoms with Crippen molar-refractivity contribution in [1.29, 1.82) is 0 Å². The minimum absolute atomic E-state index is 0.145. The number of thioether (sulfide) groups is 1. The molecule has 1 aromatic rings. The van der Waals surface area contributed by atoms with Gasteiger partial charge in [-0.1, -0.05) is 38.5 Å². The van der Waals surface area contributed by atoms with E-state index in [9.17, 15) is 9.59 Å². The first-order valence-electron chi connectivity index (χ1n) is 7.25. The van der Waals surface area contributed by atoms with Crippen LogP contribution in [0.15, 0.2) is 11.5 Å². The molecule has 8 heteroatoms. The molecule has 0 saturated carbocycles. The topological polar surface area (TPSA) is 88.9 Å². The summed E-state index contributed by atoms with van der Waals surface area (Å²) in [7, 11) is 0. The minimum Gasteiger partial charge on any atom is -0.338 e. The molecular weight excluding hydrogens is 290 g/mol. The van der Waals surface area contributed by atoms with Gasteiger partial charge in [0.2, 0.25) is 5.91 Å². The van der Waals surface area contributed by atoms with E-state index >= 15 is 0 Å². The van der Waals surface area contributed by atoms with Gasteiger partial charge in [0.1, 0.15) is 6.33 Å². The van der Waals surface area contributed by atoms with Gasteiger partial charge >= 0.3 is 6.03 Å². The molecule has 1 aromatic heterocycles. The number of nitrogens with zero attached hydrogens (tertiary/aromatic N) is 3. The molecule has 0 fully saturated rings. The van der Waals surface area contributed by atoms with E-state index in [1.165, 1.54) is 11.8 Å². The Morgan fingerprint density at radius 2 is 2.10 bits per heavy atom. The summed E-state index contributed by atoms with van der Waals surface area (Å²) in [6, 6.07) is -0.452. The van der Waals surface area contributed by atoms with Crippen molar-refractivity contribution in [1.82, 2.24) is 25.4 Å². The van der Waals surface area contributed by atoms with Gasteiger partial charge in [-0.3, -0.25) is 10.1 Å². The highest BCUT2D eigenvalue weighted by Gasteiger charge is 2.10. The van der Waals surface area contributed by atoms with E-state index in [4.69, 9.17) is 0 Å². The van der Waals surface area contributed by atoms with Crippen molar-refractivity contribution in [2.45, 2.75) is 51.2 Å². The van der Waals surface area contributed by atoms with Gasteiger partial charge < -0.3 is 9.88 Å². The van der Waals surface area contributed by atoms with E-state index in [-0.39, 0.29) is 11.7 Å². The molecular formula is C13H23N5O2S. The predicted octanol–water partition coefficient (Wildman–Crippen LogP) is 1.80. The van der Waals surface area contributed by atoms with Crippen LogP contribution in [0.4, 0.5) is 4.79 Å². The molecule has 118 valence electrons. The Balaban J connectivity index is 2.32. The number of unbranched alkanes of at least 4 members (excludes halogenated alkanes) is 2. The number of carbonyl (C=O) groups is 2. The third kappa shape index (κ3) is 7.12. The number of amides is 3. The molecule has 0 unspecified atom stereocenters. The van der Waals surface area contributed by atoms with E-state index in [2.05, 4.69) is 27.8 Å². The van der Waals surface area contributed by atoms with Crippen molar-refractivity contribution >= 4 is 23.7 Å². The molecule has 2 N–H and O–H groups in total.